The Balaban J connectivity index is 1.42. The molecule has 0 aromatic carbocycles. The minimum atomic E-state index is 0.0185. The maximum atomic E-state index is 12.4. The van der Waals surface area contributed by atoms with Crippen LogP contribution in [-0.4, -0.2) is 53.1 Å². The molecule has 3 heterocycles. The molecule has 0 spiro atoms. The van der Waals surface area contributed by atoms with Crippen LogP contribution < -0.4 is 0 Å². The highest BCUT2D eigenvalue weighted by atomic mass is 16.5. The Hall–Kier alpha value is -1.36. The number of aromatic nitrogens is 1. The predicted octanol–water partition coefficient (Wildman–Crippen LogP) is 3.10. The average Bonchev–Trinajstić information content (AvgIpc) is 3.00. The largest absolute Gasteiger partial charge is 0.361 e. The Morgan fingerprint density at radius 3 is 2.70 bits per heavy atom. The lowest BCUT2D eigenvalue weighted by atomic mass is 9.92. The van der Waals surface area contributed by atoms with Gasteiger partial charge in [0.25, 0.3) is 5.91 Å². The first kappa shape index (κ1) is 16.5. The molecule has 0 saturated carbocycles. The van der Waals surface area contributed by atoms with E-state index in [9.17, 15) is 4.79 Å². The van der Waals surface area contributed by atoms with Crippen molar-refractivity contribution in [1.82, 2.24) is 15.0 Å². The van der Waals surface area contributed by atoms with Crippen molar-refractivity contribution in [2.45, 2.75) is 58.4 Å². The molecule has 1 atom stereocenters. The zero-order valence-corrected chi connectivity index (χ0v) is 14.5. The molecule has 3 rings (SSSR count). The highest BCUT2D eigenvalue weighted by molar-refractivity contribution is 5.92. The second-order valence-corrected chi connectivity index (χ2v) is 7.23. The molecule has 128 valence electrons. The molecule has 0 N–H and O–H groups in total. The van der Waals surface area contributed by atoms with E-state index in [4.69, 9.17) is 4.52 Å². The molecule has 23 heavy (non-hydrogen) atoms. The van der Waals surface area contributed by atoms with Crippen LogP contribution in [0, 0.1) is 12.8 Å². The first-order valence-electron chi connectivity index (χ1n) is 9.10. The number of amides is 1. The van der Waals surface area contributed by atoms with Crippen molar-refractivity contribution in [2.75, 3.05) is 26.2 Å². The van der Waals surface area contributed by atoms with Crippen LogP contribution >= 0.6 is 0 Å². The molecule has 0 radical (unpaired) electrons. The summed E-state index contributed by atoms with van der Waals surface area (Å²) in [6.07, 6.45) is 7.60. The summed E-state index contributed by atoms with van der Waals surface area (Å²) in [6.45, 7) is 8.38. The minimum Gasteiger partial charge on any atom is -0.361 e. The van der Waals surface area contributed by atoms with Crippen LogP contribution in [0.1, 0.15) is 61.7 Å². The van der Waals surface area contributed by atoms with E-state index in [2.05, 4.69) is 17.0 Å². The molecule has 2 saturated heterocycles. The summed E-state index contributed by atoms with van der Waals surface area (Å²) in [5.41, 5.74) is 0.447. The summed E-state index contributed by atoms with van der Waals surface area (Å²) in [5, 5.41) is 3.84. The van der Waals surface area contributed by atoms with Crippen LogP contribution in [0.2, 0.25) is 0 Å². The highest BCUT2D eigenvalue weighted by Gasteiger charge is 2.26. The van der Waals surface area contributed by atoms with Gasteiger partial charge in [-0.15, -0.1) is 0 Å². The average molecular weight is 319 g/mol. The van der Waals surface area contributed by atoms with E-state index in [-0.39, 0.29) is 5.91 Å². The summed E-state index contributed by atoms with van der Waals surface area (Å²) < 4.78 is 5.01. The van der Waals surface area contributed by atoms with Gasteiger partial charge in [-0.05, 0) is 65.0 Å². The Morgan fingerprint density at radius 2 is 2.04 bits per heavy atom. The molecule has 2 fully saturated rings. The molecule has 1 amide bonds. The van der Waals surface area contributed by atoms with Crippen LogP contribution in [0.4, 0.5) is 0 Å². The minimum absolute atomic E-state index is 0.0185. The van der Waals surface area contributed by atoms with Gasteiger partial charge in [0.2, 0.25) is 0 Å². The second-order valence-electron chi connectivity index (χ2n) is 7.23. The van der Waals surface area contributed by atoms with Crippen molar-refractivity contribution in [2.24, 2.45) is 5.92 Å². The van der Waals surface area contributed by atoms with E-state index in [1.807, 2.05) is 11.8 Å². The van der Waals surface area contributed by atoms with Crippen molar-refractivity contribution >= 4 is 5.91 Å². The molecular formula is C18H29N3O2. The zero-order valence-electron chi connectivity index (χ0n) is 14.5. The third-order valence-corrected chi connectivity index (χ3v) is 5.51. The van der Waals surface area contributed by atoms with Gasteiger partial charge in [0.1, 0.15) is 5.76 Å². The molecule has 5 heteroatoms. The molecule has 0 unspecified atom stereocenters. The molecular weight excluding hydrogens is 290 g/mol. The van der Waals surface area contributed by atoms with Crippen molar-refractivity contribution in [3.05, 3.63) is 17.5 Å². The van der Waals surface area contributed by atoms with Gasteiger partial charge in [-0.25, -0.2) is 0 Å². The lowest BCUT2D eigenvalue weighted by Crippen LogP contribution is -2.41. The fraction of sp³-hybridized carbons (Fsp3) is 0.778. The number of nitrogens with zero attached hydrogens (tertiary/aromatic N) is 3. The van der Waals surface area contributed by atoms with Gasteiger partial charge >= 0.3 is 0 Å². The van der Waals surface area contributed by atoms with Gasteiger partial charge in [-0.2, -0.15) is 0 Å². The molecule has 5 nitrogen and oxygen atoms in total. The van der Waals surface area contributed by atoms with Crippen molar-refractivity contribution in [3.63, 3.8) is 0 Å². The van der Waals surface area contributed by atoms with Crippen molar-refractivity contribution in [3.8, 4) is 0 Å². The van der Waals surface area contributed by atoms with E-state index >= 15 is 0 Å². The van der Waals surface area contributed by atoms with Crippen LogP contribution in [0.15, 0.2) is 10.6 Å². The Bertz CT molecular complexity index is 520. The Morgan fingerprint density at radius 1 is 1.26 bits per heavy atom. The Kier molecular flexibility index (Phi) is 5.36. The van der Waals surface area contributed by atoms with Crippen LogP contribution in [-0.2, 0) is 0 Å². The maximum Gasteiger partial charge on any atom is 0.276 e. The molecule has 2 aliphatic rings. The predicted molar refractivity (Wildman–Crippen MR) is 89.4 cm³/mol. The fourth-order valence-electron chi connectivity index (χ4n) is 3.89. The first-order chi connectivity index (χ1) is 11.1. The summed E-state index contributed by atoms with van der Waals surface area (Å²) in [7, 11) is 0. The number of hydrogen-bond donors (Lipinski definition) is 0. The lowest BCUT2D eigenvalue weighted by Gasteiger charge is -2.36. The number of piperidine rings is 2. The van der Waals surface area contributed by atoms with Crippen LogP contribution in [0.5, 0.6) is 0 Å². The van der Waals surface area contributed by atoms with Gasteiger partial charge in [-0.3, -0.25) is 4.79 Å². The second kappa shape index (κ2) is 7.47. The maximum absolute atomic E-state index is 12.4. The third-order valence-electron chi connectivity index (χ3n) is 5.51. The van der Waals surface area contributed by atoms with E-state index in [0.717, 1.165) is 37.9 Å². The van der Waals surface area contributed by atoms with E-state index in [1.54, 1.807) is 6.07 Å². The normalized spacial score (nSPS) is 24.1. The SMILES string of the molecule is Cc1cc(C(=O)N2CCC(CCN3CCCC[C@@H]3C)CC2)no1. The van der Waals surface area contributed by atoms with Gasteiger partial charge in [0.05, 0.1) is 0 Å². The monoisotopic (exact) mass is 319 g/mol. The van der Waals surface area contributed by atoms with Gasteiger partial charge in [0.15, 0.2) is 5.69 Å². The highest BCUT2D eigenvalue weighted by Crippen LogP contribution is 2.24. The van der Waals surface area contributed by atoms with Gasteiger partial charge < -0.3 is 14.3 Å². The van der Waals surface area contributed by atoms with E-state index in [1.165, 1.54) is 38.8 Å². The quantitative estimate of drug-likeness (QED) is 0.855. The number of likely N-dealkylation sites (tertiary alicyclic amines) is 2. The fourth-order valence-corrected chi connectivity index (χ4v) is 3.89. The van der Waals surface area contributed by atoms with Crippen LogP contribution in [0.25, 0.3) is 0 Å². The summed E-state index contributed by atoms with van der Waals surface area (Å²) in [6, 6.07) is 2.48. The summed E-state index contributed by atoms with van der Waals surface area (Å²) in [5.74, 6) is 1.47. The summed E-state index contributed by atoms with van der Waals surface area (Å²) >= 11 is 0. The smallest absolute Gasteiger partial charge is 0.276 e. The van der Waals surface area contributed by atoms with Crippen molar-refractivity contribution < 1.29 is 9.32 Å². The van der Waals surface area contributed by atoms with Gasteiger partial charge in [-0.1, -0.05) is 11.6 Å². The Labute approximate surface area is 139 Å². The van der Waals surface area contributed by atoms with E-state index in [0.29, 0.717) is 11.5 Å². The standard InChI is InChI=1S/C18H29N3O2/c1-14-5-3-4-9-20(14)10-6-16-7-11-21(12-8-16)18(22)17-13-15(2)23-19-17/h13-14,16H,3-12H2,1-2H3/t14-/m0/s1. The van der Waals surface area contributed by atoms with Crippen LogP contribution in [0.3, 0.4) is 0 Å². The molecule has 1 aromatic heterocycles. The molecule has 1 aromatic rings. The number of aryl methyl sites for hydroxylation is 1. The molecule has 0 aliphatic carbocycles. The number of hydrogen-bond acceptors (Lipinski definition) is 4. The number of rotatable bonds is 4. The summed E-state index contributed by atoms with van der Waals surface area (Å²) in [4.78, 5) is 16.9. The third kappa shape index (κ3) is 4.14. The van der Waals surface area contributed by atoms with Gasteiger partial charge in [0, 0.05) is 25.2 Å². The zero-order chi connectivity index (χ0) is 16.2. The number of carbonyl (C=O) groups is 1. The molecule has 0 bridgehead atoms. The number of carbonyl (C=O) groups excluding carboxylic acids is 1. The lowest BCUT2D eigenvalue weighted by molar-refractivity contribution is 0.0663. The van der Waals surface area contributed by atoms with E-state index < -0.39 is 0 Å². The topological polar surface area (TPSA) is 49.6 Å². The van der Waals surface area contributed by atoms with Crippen molar-refractivity contribution in [1.29, 1.82) is 0 Å². The molecule has 2 aliphatic heterocycles. The first-order valence-corrected chi connectivity index (χ1v) is 9.10.